The highest BCUT2D eigenvalue weighted by atomic mass is 14.1. The minimum absolute atomic E-state index is 1.20. The monoisotopic (exact) mass is 510 g/mol. The third-order valence-corrected chi connectivity index (χ3v) is 7.11. The number of rotatable bonds is 4. The third kappa shape index (κ3) is 5.93. The molecule has 7 aromatic rings. The molecule has 0 unspecified atom stereocenters. The summed E-state index contributed by atoms with van der Waals surface area (Å²) in [6.07, 6.45) is 2.26. The van der Waals surface area contributed by atoms with Gasteiger partial charge >= 0.3 is 0 Å². The number of benzene rings is 7. The quantitative estimate of drug-likeness (QED) is 0.163. The van der Waals surface area contributed by atoms with Crippen LogP contribution in [0.1, 0.15) is 16.7 Å². The van der Waals surface area contributed by atoms with E-state index in [0.29, 0.717) is 0 Å². The Labute approximate surface area is 236 Å². The molecule has 0 spiro atoms. The average Bonchev–Trinajstić information content (AvgIpc) is 3.04. The molecule has 0 amide bonds. The van der Waals surface area contributed by atoms with Crippen LogP contribution in [0.5, 0.6) is 0 Å². The Morgan fingerprint density at radius 1 is 0.325 bits per heavy atom. The summed E-state index contributed by atoms with van der Waals surface area (Å²) in [5, 5.41) is 5.25. The lowest BCUT2D eigenvalue weighted by Crippen LogP contribution is -1.88. The Kier molecular flexibility index (Phi) is 7.60. The summed E-state index contributed by atoms with van der Waals surface area (Å²) < 4.78 is 0. The largest absolute Gasteiger partial charge is 0.0622 e. The van der Waals surface area contributed by atoms with E-state index in [1.54, 1.807) is 0 Å². The van der Waals surface area contributed by atoms with Crippen LogP contribution in [-0.4, -0.2) is 0 Å². The molecule has 0 N–H and O–H groups in total. The Morgan fingerprint density at radius 3 is 1.10 bits per heavy atom. The molecule has 190 valence electrons. The maximum atomic E-state index is 2.26. The molecule has 0 radical (unpaired) electrons. The van der Waals surface area contributed by atoms with E-state index in [9.17, 15) is 0 Å². The molecule has 0 atom stereocenters. The van der Waals surface area contributed by atoms with Gasteiger partial charge in [-0.05, 0) is 73.1 Å². The zero-order valence-corrected chi connectivity index (χ0v) is 22.3. The molecule has 0 aromatic heterocycles. The van der Waals surface area contributed by atoms with Gasteiger partial charge in [-0.3, -0.25) is 0 Å². The van der Waals surface area contributed by atoms with Gasteiger partial charge in [0.25, 0.3) is 0 Å². The lowest BCUT2D eigenvalue weighted by Gasteiger charge is -2.09. The van der Waals surface area contributed by atoms with Crippen LogP contribution in [0, 0.1) is 0 Å². The van der Waals surface area contributed by atoms with Crippen molar-refractivity contribution in [2.24, 2.45) is 0 Å². The van der Waals surface area contributed by atoms with Gasteiger partial charge in [0.05, 0.1) is 0 Å². The van der Waals surface area contributed by atoms with Gasteiger partial charge in [-0.1, -0.05) is 164 Å². The molecule has 7 rings (SSSR count). The van der Waals surface area contributed by atoms with Crippen molar-refractivity contribution in [1.29, 1.82) is 0 Å². The first kappa shape index (κ1) is 25.1. The fraction of sp³-hybridized carbons (Fsp3) is 0. The second-order valence-corrected chi connectivity index (χ2v) is 9.82. The lowest BCUT2D eigenvalue weighted by molar-refractivity contribution is 1.55. The van der Waals surface area contributed by atoms with E-state index in [0.717, 1.165) is 0 Å². The van der Waals surface area contributed by atoms with Gasteiger partial charge in [0.1, 0.15) is 0 Å². The molecule has 0 saturated heterocycles. The maximum absolute atomic E-state index is 2.26. The van der Waals surface area contributed by atoms with Crippen molar-refractivity contribution >= 4 is 33.2 Å². The number of hydrogen-bond donors (Lipinski definition) is 0. The van der Waals surface area contributed by atoms with Crippen LogP contribution in [0.3, 0.4) is 0 Å². The normalized spacial score (nSPS) is 10.5. The van der Waals surface area contributed by atoms with E-state index in [1.165, 1.54) is 54.9 Å². The van der Waals surface area contributed by atoms with E-state index < -0.39 is 0 Å². The smallest absolute Gasteiger partial charge is 0.0105 e. The molecular formula is C40H30. The topological polar surface area (TPSA) is 0 Å². The average molecular weight is 511 g/mol. The van der Waals surface area contributed by atoms with Crippen molar-refractivity contribution in [3.63, 3.8) is 0 Å². The maximum Gasteiger partial charge on any atom is -0.0105 e. The van der Waals surface area contributed by atoms with Crippen LogP contribution >= 0.6 is 0 Å². The SMILES string of the molecule is C(=C(c1ccccc1)c1ccccc1)c1ccc(-c2ccccc2)cc1.c1ccc2cc3ccccc3cc2c1. The predicted molar refractivity (Wildman–Crippen MR) is 173 cm³/mol. The Balaban J connectivity index is 0.000000173. The van der Waals surface area contributed by atoms with E-state index in [2.05, 4.69) is 176 Å². The van der Waals surface area contributed by atoms with E-state index in [4.69, 9.17) is 0 Å². The van der Waals surface area contributed by atoms with Gasteiger partial charge in [0, 0.05) is 0 Å². The summed E-state index contributed by atoms with van der Waals surface area (Å²) in [7, 11) is 0. The molecule has 0 bridgehead atoms. The van der Waals surface area contributed by atoms with Crippen molar-refractivity contribution in [2.75, 3.05) is 0 Å². The van der Waals surface area contributed by atoms with Crippen LogP contribution in [-0.2, 0) is 0 Å². The summed E-state index contributed by atoms with van der Waals surface area (Å²) >= 11 is 0. The Bertz CT molecular complexity index is 1700. The predicted octanol–water partition coefficient (Wildman–Crippen LogP) is 10.9. The van der Waals surface area contributed by atoms with E-state index >= 15 is 0 Å². The molecular weight excluding hydrogens is 480 g/mol. The van der Waals surface area contributed by atoms with Gasteiger partial charge < -0.3 is 0 Å². The van der Waals surface area contributed by atoms with Crippen LogP contribution in [0.4, 0.5) is 0 Å². The molecule has 40 heavy (non-hydrogen) atoms. The highest BCUT2D eigenvalue weighted by Gasteiger charge is 2.05. The fourth-order valence-electron chi connectivity index (χ4n) is 5.02. The van der Waals surface area contributed by atoms with Gasteiger partial charge in [-0.25, -0.2) is 0 Å². The fourth-order valence-corrected chi connectivity index (χ4v) is 5.02. The number of hydrogen-bond acceptors (Lipinski definition) is 0. The van der Waals surface area contributed by atoms with Crippen LogP contribution in [0.15, 0.2) is 176 Å². The molecule has 0 fully saturated rings. The molecule has 0 saturated carbocycles. The first-order chi connectivity index (χ1) is 19.8. The molecule has 0 aliphatic rings. The highest BCUT2D eigenvalue weighted by molar-refractivity contribution is 5.98. The molecule has 0 aliphatic heterocycles. The molecule has 0 nitrogen and oxygen atoms in total. The van der Waals surface area contributed by atoms with Crippen molar-refractivity contribution in [3.05, 3.63) is 193 Å². The second-order valence-electron chi connectivity index (χ2n) is 9.82. The molecule has 0 heteroatoms. The van der Waals surface area contributed by atoms with Gasteiger partial charge in [0.15, 0.2) is 0 Å². The van der Waals surface area contributed by atoms with Crippen molar-refractivity contribution in [2.45, 2.75) is 0 Å². The lowest BCUT2D eigenvalue weighted by atomic mass is 9.95. The summed E-state index contributed by atoms with van der Waals surface area (Å²) in [5.41, 5.74) is 7.38. The summed E-state index contributed by atoms with van der Waals surface area (Å²) in [6.45, 7) is 0. The molecule has 7 aromatic carbocycles. The molecule has 0 heterocycles. The first-order valence-electron chi connectivity index (χ1n) is 13.7. The minimum Gasteiger partial charge on any atom is -0.0622 e. The molecule has 0 aliphatic carbocycles. The summed E-state index contributed by atoms with van der Waals surface area (Å²) in [4.78, 5) is 0. The standard InChI is InChI=1S/C26H20.C14H10/c1-4-10-22(11-5-1)23-18-16-21(17-19-23)20-26(24-12-6-2-7-13-24)25-14-8-3-9-15-25;1-2-6-12-10-14-8-4-3-7-13(14)9-11(12)5-1/h1-20H;1-10H. The van der Waals surface area contributed by atoms with Crippen LogP contribution in [0.25, 0.3) is 44.3 Å². The zero-order chi connectivity index (χ0) is 27.0. The van der Waals surface area contributed by atoms with Gasteiger partial charge in [-0.15, -0.1) is 0 Å². The van der Waals surface area contributed by atoms with Crippen molar-refractivity contribution < 1.29 is 0 Å². The highest BCUT2D eigenvalue weighted by Crippen LogP contribution is 2.27. The van der Waals surface area contributed by atoms with Crippen molar-refractivity contribution in [1.82, 2.24) is 0 Å². The first-order valence-corrected chi connectivity index (χ1v) is 13.7. The van der Waals surface area contributed by atoms with Gasteiger partial charge in [0.2, 0.25) is 0 Å². The van der Waals surface area contributed by atoms with Crippen LogP contribution in [0.2, 0.25) is 0 Å². The third-order valence-electron chi connectivity index (χ3n) is 7.11. The van der Waals surface area contributed by atoms with Gasteiger partial charge in [-0.2, -0.15) is 0 Å². The van der Waals surface area contributed by atoms with Crippen molar-refractivity contribution in [3.8, 4) is 11.1 Å². The Morgan fingerprint density at radius 2 is 0.675 bits per heavy atom. The van der Waals surface area contributed by atoms with Crippen LogP contribution < -0.4 is 0 Å². The summed E-state index contributed by atoms with van der Waals surface area (Å²) in [5.74, 6) is 0. The minimum atomic E-state index is 1.20. The van der Waals surface area contributed by atoms with E-state index in [-0.39, 0.29) is 0 Å². The summed E-state index contributed by atoms with van der Waals surface area (Å²) in [6, 6.07) is 61.8. The van der Waals surface area contributed by atoms with E-state index in [1.807, 2.05) is 6.07 Å². The zero-order valence-electron chi connectivity index (χ0n) is 22.3. The number of fused-ring (bicyclic) bond motifs is 2. The second kappa shape index (κ2) is 12.1. The Hall–Kier alpha value is -5.20.